The van der Waals surface area contributed by atoms with Gasteiger partial charge in [0, 0.05) is 14.8 Å². The third-order valence-corrected chi connectivity index (χ3v) is 4.08. The normalized spacial score (nSPS) is 10.7. The van der Waals surface area contributed by atoms with Crippen LogP contribution in [0, 0.1) is 5.82 Å². The van der Waals surface area contributed by atoms with Gasteiger partial charge in [0.25, 0.3) is 0 Å². The van der Waals surface area contributed by atoms with Crippen LogP contribution in [0.25, 0.3) is 0 Å². The summed E-state index contributed by atoms with van der Waals surface area (Å²) in [6, 6.07) is 9.47. The molecular formula is C14H12ClFO2S. The highest BCUT2D eigenvalue weighted by Gasteiger charge is 2.09. The first kappa shape index (κ1) is 14.3. The zero-order chi connectivity index (χ0) is 13.8. The first-order valence-electron chi connectivity index (χ1n) is 5.60. The number of hydrogen-bond acceptors (Lipinski definition) is 3. The fourth-order valence-corrected chi connectivity index (χ4v) is 2.87. The molecule has 0 aliphatic heterocycles. The second-order valence-electron chi connectivity index (χ2n) is 3.92. The molecule has 5 heteroatoms. The predicted octanol–water partition coefficient (Wildman–Crippen LogP) is 3.61. The molecule has 0 saturated carbocycles. The average Bonchev–Trinajstić information content (AvgIpc) is 2.42. The maximum absolute atomic E-state index is 13.1. The van der Waals surface area contributed by atoms with Crippen molar-refractivity contribution < 1.29 is 14.6 Å². The van der Waals surface area contributed by atoms with Crippen LogP contribution in [0.15, 0.2) is 46.2 Å². The number of benzene rings is 2. The van der Waals surface area contributed by atoms with Crippen LogP contribution >= 0.6 is 23.4 Å². The summed E-state index contributed by atoms with van der Waals surface area (Å²) >= 11 is 7.23. The van der Waals surface area contributed by atoms with E-state index in [1.165, 1.54) is 23.9 Å². The number of hydrogen-bond donors (Lipinski definition) is 2. The molecule has 100 valence electrons. The summed E-state index contributed by atoms with van der Waals surface area (Å²) in [4.78, 5) is 1.58. The zero-order valence-electron chi connectivity index (χ0n) is 9.94. The monoisotopic (exact) mass is 298 g/mol. The van der Waals surface area contributed by atoms with Crippen LogP contribution < -0.4 is 0 Å². The molecule has 19 heavy (non-hydrogen) atoms. The van der Waals surface area contributed by atoms with Crippen LogP contribution in [0.2, 0.25) is 5.02 Å². The minimum atomic E-state index is -0.383. The molecule has 0 saturated heterocycles. The third-order valence-electron chi connectivity index (χ3n) is 2.61. The van der Waals surface area contributed by atoms with Gasteiger partial charge in [-0.25, -0.2) is 4.39 Å². The van der Waals surface area contributed by atoms with Gasteiger partial charge in [-0.2, -0.15) is 0 Å². The fraction of sp³-hybridized carbons (Fsp3) is 0.143. The molecule has 0 spiro atoms. The van der Waals surface area contributed by atoms with Gasteiger partial charge in [0.15, 0.2) is 0 Å². The van der Waals surface area contributed by atoms with Gasteiger partial charge in [-0.3, -0.25) is 0 Å². The molecule has 2 aromatic rings. The number of aliphatic hydroxyl groups excluding tert-OH is 2. The topological polar surface area (TPSA) is 40.5 Å². The molecule has 0 aliphatic rings. The van der Waals surface area contributed by atoms with Gasteiger partial charge in [0.1, 0.15) is 5.82 Å². The summed E-state index contributed by atoms with van der Waals surface area (Å²) in [5.41, 5.74) is 1.22. The summed E-state index contributed by atoms with van der Waals surface area (Å²) < 4.78 is 13.1. The summed E-state index contributed by atoms with van der Waals surface area (Å²) in [6.07, 6.45) is 0. The molecule has 2 aromatic carbocycles. The molecule has 0 heterocycles. The summed E-state index contributed by atoms with van der Waals surface area (Å²) in [6.45, 7) is -0.360. The lowest BCUT2D eigenvalue weighted by atomic mass is 10.2. The van der Waals surface area contributed by atoms with E-state index < -0.39 is 0 Å². The first-order valence-corrected chi connectivity index (χ1v) is 6.80. The minimum absolute atomic E-state index is 0.126. The molecule has 0 amide bonds. The Bertz CT molecular complexity index is 538. The van der Waals surface area contributed by atoms with Crippen LogP contribution in [0.4, 0.5) is 4.39 Å². The van der Waals surface area contributed by atoms with Crippen molar-refractivity contribution in [3.05, 3.63) is 58.4 Å². The highest BCUT2D eigenvalue weighted by molar-refractivity contribution is 7.99. The zero-order valence-corrected chi connectivity index (χ0v) is 11.5. The van der Waals surface area contributed by atoms with Gasteiger partial charge in [-0.05, 0) is 47.5 Å². The van der Waals surface area contributed by atoms with Crippen molar-refractivity contribution in [1.29, 1.82) is 0 Å². The lowest BCUT2D eigenvalue weighted by Gasteiger charge is -2.10. The van der Waals surface area contributed by atoms with Crippen molar-refractivity contribution in [3.63, 3.8) is 0 Å². The maximum atomic E-state index is 13.1. The smallest absolute Gasteiger partial charge is 0.123 e. The quantitative estimate of drug-likeness (QED) is 0.906. The van der Waals surface area contributed by atoms with Crippen LogP contribution in [-0.4, -0.2) is 10.2 Å². The van der Waals surface area contributed by atoms with Crippen LogP contribution in [0.5, 0.6) is 0 Å². The molecule has 0 aromatic heterocycles. The lowest BCUT2D eigenvalue weighted by molar-refractivity contribution is 0.278. The molecule has 2 nitrogen and oxygen atoms in total. The number of rotatable bonds is 4. The van der Waals surface area contributed by atoms with E-state index in [0.717, 1.165) is 9.79 Å². The van der Waals surface area contributed by atoms with E-state index in [4.69, 9.17) is 11.6 Å². The Kier molecular flexibility index (Phi) is 4.82. The van der Waals surface area contributed by atoms with E-state index in [-0.39, 0.29) is 19.0 Å². The fourth-order valence-electron chi connectivity index (χ4n) is 1.66. The van der Waals surface area contributed by atoms with Gasteiger partial charge in [0.05, 0.1) is 13.2 Å². The third kappa shape index (κ3) is 3.48. The molecule has 2 N–H and O–H groups in total. The van der Waals surface area contributed by atoms with Gasteiger partial charge in [0.2, 0.25) is 0 Å². The minimum Gasteiger partial charge on any atom is -0.392 e. The Labute approximate surface area is 119 Å². The Morgan fingerprint density at radius 1 is 0.947 bits per heavy atom. The Balaban J connectivity index is 2.36. The molecule has 0 bridgehead atoms. The highest BCUT2D eigenvalue weighted by atomic mass is 35.5. The van der Waals surface area contributed by atoms with Crippen LogP contribution in [0.1, 0.15) is 11.1 Å². The summed E-state index contributed by atoms with van der Waals surface area (Å²) in [5, 5.41) is 19.1. The van der Waals surface area contributed by atoms with E-state index in [1.54, 1.807) is 24.3 Å². The SMILES string of the molecule is OCc1cc(F)ccc1Sc1ccc(Cl)cc1CO. The first-order chi connectivity index (χ1) is 9.13. The second-order valence-corrected chi connectivity index (χ2v) is 5.44. The summed E-state index contributed by atoms with van der Waals surface area (Å²) in [7, 11) is 0. The van der Waals surface area contributed by atoms with Crippen molar-refractivity contribution in [2.24, 2.45) is 0 Å². The van der Waals surface area contributed by atoms with Crippen molar-refractivity contribution in [2.45, 2.75) is 23.0 Å². The maximum Gasteiger partial charge on any atom is 0.123 e. The number of halogens is 2. The second kappa shape index (κ2) is 6.39. The average molecular weight is 299 g/mol. The molecule has 0 fully saturated rings. The Hall–Kier alpha value is -1.07. The largest absolute Gasteiger partial charge is 0.392 e. The summed E-state index contributed by atoms with van der Waals surface area (Å²) in [5.74, 6) is -0.383. The predicted molar refractivity (Wildman–Crippen MR) is 73.8 cm³/mol. The van der Waals surface area contributed by atoms with E-state index >= 15 is 0 Å². The van der Waals surface area contributed by atoms with E-state index in [2.05, 4.69) is 0 Å². The molecule has 0 atom stereocenters. The molecule has 0 aliphatic carbocycles. The van der Waals surface area contributed by atoms with Crippen LogP contribution in [0.3, 0.4) is 0 Å². The van der Waals surface area contributed by atoms with Crippen molar-refractivity contribution >= 4 is 23.4 Å². The highest BCUT2D eigenvalue weighted by Crippen LogP contribution is 2.34. The standard InChI is InChI=1S/C14H12ClFO2S/c15-11-1-3-13(9(5-11)7-17)19-14-4-2-12(16)6-10(14)8-18/h1-6,17-18H,7-8H2. The van der Waals surface area contributed by atoms with Gasteiger partial charge >= 0.3 is 0 Å². The molecule has 0 radical (unpaired) electrons. The van der Waals surface area contributed by atoms with Crippen molar-refractivity contribution in [1.82, 2.24) is 0 Å². The lowest BCUT2D eigenvalue weighted by Crippen LogP contribution is -1.92. The van der Waals surface area contributed by atoms with Gasteiger partial charge in [-0.15, -0.1) is 0 Å². The van der Waals surface area contributed by atoms with Gasteiger partial charge < -0.3 is 10.2 Å². The van der Waals surface area contributed by atoms with Crippen LogP contribution in [-0.2, 0) is 13.2 Å². The molecular weight excluding hydrogens is 287 g/mol. The van der Waals surface area contributed by atoms with Gasteiger partial charge in [-0.1, -0.05) is 23.4 Å². The van der Waals surface area contributed by atoms with E-state index in [0.29, 0.717) is 16.1 Å². The number of aliphatic hydroxyl groups is 2. The van der Waals surface area contributed by atoms with E-state index in [1.807, 2.05) is 0 Å². The Morgan fingerprint density at radius 3 is 2.16 bits per heavy atom. The van der Waals surface area contributed by atoms with E-state index in [9.17, 15) is 14.6 Å². The van der Waals surface area contributed by atoms with Crippen molar-refractivity contribution in [2.75, 3.05) is 0 Å². The molecule has 0 unspecified atom stereocenters. The Morgan fingerprint density at radius 2 is 1.53 bits per heavy atom. The van der Waals surface area contributed by atoms with Crippen molar-refractivity contribution in [3.8, 4) is 0 Å². The molecule has 2 rings (SSSR count).